The molecule has 1 amide bonds. The van der Waals surface area contributed by atoms with Gasteiger partial charge in [0.1, 0.15) is 0 Å². The minimum Gasteiger partial charge on any atom is -0.465 e. The molecule has 3 aromatic carbocycles. The van der Waals surface area contributed by atoms with Gasteiger partial charge in [0.25, 0.3) is 0 Å². The van der Waals surface area contributed by atoms with Crippen LogP contribution in [0.4, 0.5) is 4.79 Å². The number of nitrogens with one attached hydrogen (secondary N) is 1. The first-order valence-electron chi connectivity index (χ1n) is 14.3. The van der Waals surface area contributed by atoms with Crippen LogP contribution in [0.1, 0.15) is 36.4 Å². The highest BCUT2D eigenvalue weighted by atomic mass is 16.4. The van der Waals surface area contributed by atoms with Crippen molar-refractivity contribution in [1.82, 2.24) is 24.3 Å². The monoisotopic (exact) mass is 549 g/mol. The molecule has 2 unspecified atom stereocenters. The molecule has 210 valence electrons. The van der Waals surface area contributed by atoms with Crippen LogP contribution < -0.4 is 5.69 Å². The summed E-state index contributed by atoms with van der Waals surface area (Å²) < 4.78 is 1.87. The highest BCUT2D eigenvalue weighted by Gasteiger charge is 2.34. The highest BCUT2D eigenvalue weighted by Crippen LogP contribution is 2.33. The van der Waals surface area contributed by atoms with Crippen LogP contribution >= 0.6 is 0 Å². The van der Waals surface area contributed by atoms with Crippen LogP contribution in [0.3, 0.4) is 0 Å². The number of carbonyl (C=O) groups is 1. The zero-order valence-electron chi connectivity index (χ0n) is 23.0. The van der Waals surface area contributed by atoms with Crippen molar-refractivity contribution in [2.45, 2.75) is 38.4 Å². The number of pyridine rings is 1. The fraction of sp³-hybridized carbons (Fsp3) is 0.303. The number of H-pyrrole nitrogens is 1. The third-order valence-corrected chi connectivity index (χ3v) is 8.35. The average Bonchev–Trinajstić information content (AvgIpc) is 3.33. The van der Waals surface area contributed by atoms with Gasteiger partial charge in [0, 0.05) is 43.8 Å². The molecule has 0 bridgehead atoms. The van der Waals surface area contributed by atoms with Crippen LogP contribution in [-0.2, 0) is 13.1 Å². The lowest BCUT2D eigenvalue weighted by Crippen LogP contribution is -2.45. The van der Waals surface area contributed by atoms with Crippen molar-refractivity contribution >= 4 is 28.0 Å². The molecule has 0 aliphatic carbocycles. The Morgan fingerprint density at radius 3 is 2.61 bits per heavy atom. The lowest BCUT2D eigenvalue weighted by atomic mass is 9.87. The molecule has 1 fully saturated rings. The van der Waals surface area contributed by atoms with E-state index in [4.69, 9.17) is 0 Å². The van der Waals surface area contributed by atoms with Crippen LogP contribution in [0.25, 0.3) is 21.9 Å². The molecule has 0 spiro atoms. The Hall–Kier alpha value is -4.43. The average molecular weight is 550 g/mol. The van der Waals surface area contributed by atoms with Crippen molar-refractivity contribution in [3.05, 3.63) is 113 Å². The van der Waals surface area contributed by atoms with Gasteiger partial charge in [0.15, 0.2) is 0 Å². The molecule has 1 aliphatic rings. The quantitative estimate of drug-likeness (QED) is 0.239. The first-order valence-corrected chi connectivity index (χ1v) is 14.3. The minimum absolute atomic E-state index is 0.0390. The van der Waals surface area contributed by atoms with E-state index in [1.54, 1.807) is 0 Å². The summed E-state index contributed by atoms with van der Waals surface area (Å²) in [6, 6.07) is 28.5. The third-order valence-electron chi connectivity index (χ3n) is 8.35. The van der Waals surface area contributed by atoms with Crippen molar-refractivity contribution in [3.8, 4) is 0 Å². The standard InChI is InChI=1S/C33H35N5O3/c39-32-35-29-14-6-7-15-31(29)38(32)30-17-20-37(33(40)41)23-26(30)11-8-19-36(21-24-9-2-1-3-10-24)22-25-16-18-34-28-13-5-4-12-27(25)28/h1-7,9-10,12-16,18,26,30H,8,11,17,19-23H2,(H,35,39)(H,40,41). The van der Waals surface area contributed by atoms with E-state index in [1.165, 1.54) is 16.0 Å². The van der Waals surface area contributed by atoms with Gasteiger partial charge in [-0.2, -0.15) is 0 Å². The second kappa shape index (κ2) is 12.0. The van der Waals surface area contributed by atoms with Crippen LogP contribution in [0, 0.1) is 5.92 Å². The Kier molecular flexibility index (Phi) is 7.82. The Morgan fingerprint density at radius 1 is 0.976 bits per heavy atom. The molecule has 0 radical (unpaired) electrons. The maximum atomic E-state index is 13.1. The third kappa shape index (κ3) is 5.88. The number of piperidine rings is 1. The van der Waals surface area contributed by atoms with E-state index in [1.807, 2.05) is 53.2 Å². The lowest BCUT2D eigenvalue weighted by molar-refractivity contribution is 0.0933. The van der Waals surface area contributed by atoms with Crippen molar-refractivity contribution in [1.29, 1.82) is 0 Å². The summed E-state index contributed by atoms with van der Waals surface area (Å²) in [6.45, 7) is 3.31. The number of carboxylic acid groups (broad SMARTS) is 1. The number of nitrogens with zero attached hydrogens (tertiary/aromatic N) is 4. The summed E-state index contributed by atoms with van der Waals surface area (Å²) in [6.07, 6.45) is 3.32. The number of rotatable bonds is 9. The molecule has 1 saturated heterocycles. The molecular weight excluding hydrogens is 514 g/mol. The van der Waals surface area contributed by atoms with E-state index < -0.39 is 6.09 Å². The van der Waals surface area contributed by atoms with E-state index in [2.05, 4.69) is 57.3 Å². The number of aromatic nitrogens is 3. The summed E-state index contributed by atoms with van der Waals surface area (Å²) in [7, 11) is 0. The van der Waals surface area contributed by atoms with E-state index >= 15 is 0 Å². The van der Waals surface area contributed by atoms with E-state index in [-0.39, 0.29) is 17.6 Å². The second-order valence-electron chi connectivity index (χ2n) is 11.0. The molecule has 2 aromatic heterocycles. The number of imidazole rings is 1. The van der Waals surface area contributed by atoms with Gasteiger partial charge in [-0.15, -0.1) is 0 Å². The number of benzene rings is 3. The Labute approximate surface area is 238 Å². The first kappa shape index (κ1) is 26.8. The summed E-state index contributed by atoms with van der Waals surface area (Å²) in [5, 5.41) is 10.9. The second-order valence-corrected chi connectivity index (χ2v) is 11.0. The van der Waals surface area contributed by atoms with E-state index in [0.29, 0.717) is 19.5 Å². The van der Waals surface area contributed by atoms with Crippen molar-refractivity contribution in [3.63, 3.8) is 0 Å². The van der Waals surface area contributed by atoms with E-state index in [9.17, 15) is 14.7 Å². The largest absolute Gasteiger partial charge is 0.465 e. The molecule has 8 nitrogen and oxygen atoms in total. The normalized spacial score (nSPS) is 17.4. The molecule has 6 rings (SSSR count). The molecular formula is C33H35N5O3. The van der Waals surface area contributed by atoms with E-state index in [0.717, 1.165) is 54.4 Å². The maximum absolute atomic E-state index is 13.1. The fourth-order valence-corrected chi connectivity index (χ4v) is 6.39. The zero-order valence-corrected chi connectivity index (χ0v) is 23.0. The van der Waals surface area contributed by atoms with Crippen molar-refractivity contribution < 1.29 is 9.90 Å². The van der Waals surface area contributed by atoms with Crippen LogP contribution in [0.5, 0.6) is 0 Å². The number of likely N-dealkylation sites (tertiary alicyclic amines) is 1. The van der Waals surface area contributed by atoms with Crippen molar-refractivity contribution in [2.75, 3.05) is 19.6 Å². The summed E-state index contributed by atoms with van der Waals surface area (Å²) in [5.74, 6) is 0.0390. The van der Waals surface area contributed by atoms with Gasteiger partial charge in [-0.3, -0.25) is 14.5 Å². The molecule has 1 aliphatic heterocycles. The fourth-order valence-electron chi connectivity index (χ4n) is 6.39. The van der Waals surface area contributed by atoms with Gasteiger partial charge in [-0.25, -0.2) is 9.59 Å². The number of hydrogen-bond acceptors (Lipinski definition) is 4. The molecule has 2 N–H and O–H groups in total. The van der Waals surface area contributed by atoms with Crippen molar-refractivity contribution in [2.24, 2.45) is 5.92 Å². The molecule has 5 aromatic rings. The number of aromatic amines is 1. The molecule has 8 heteroatoms. The number of fused-ring (bicyclic) bond motifs is 2. The molecule has 0 saturated carbocycles. The Bertz CT molecular complexity index is 1690. The smallest absolute Gasteiger partial charge is 0.407 e. The zero-order chi connectivity index (χ0) is 28.2. The lowest BCUT2D eigenvalue weighted by Gasteiger charge is -2.38. The summed E-state index contributed by atoms with van der Waals surface area (Å²) >= 11 is 0. The minimum atomic E-state index is -0.894. The predicted molar refractivity (Wildman–Crippen MR) is 161 cm³/mol. The molecule has 41 heavy (non-hydrogen) atoms. The van der Waals surface area contributed by atoms with Gasteiger partial charge in [0.05, 0.1) is 16.6 Å². The van der Waals surface area contributed by atoms with Crippen LogP contribution in [0.2, 0.25) is 0 Å². The predicted octanol–water partition coefficient (Wildman–Crippen LogP) is 5.90. The Balaban J connectivity index is 1.23. The van der Waals surface area contributed by atoms with Gasteiger partial charge in [-0.05, 0) is 67.1 Å². The SMILES string of the molecule is O=C(O)N1CCC(n2c(=O)[nH]c3ccccc32)C(CCCN(Cc2ccccc2)Cc2ccnc3ccccc23)C1. The number of para-hydroxylation sites is 3. The van der Waals surface area contributed by atoms with Gasteiger partial charge in [0.2, 0.25) is 0 Å². The number of amides is 1. The highest BCUT2D eigenvalue weighted by molar-refractivity contribution is 5.81. The number of hydrogen-bond donors (Lipinski definition) is 2. The first-order chi connectivity index (χ1) is 20.1. The molecule has 2 atom stereocenters. The Morgan fingerprint density at radius 2 is 1.76 bits per heavy atom. The van der Waals surface area contributed by atoms with Gasteiger partial charge in [-0.1, -0.05) is 60.7 Å². The van der Waals surface area contributed by atoms with Crippen LogP contribution in [0.15, 0.2) is 95.9 Å². The maximum Gasteiger partial charge on any atom is 0.407 e. The van der Waals surface area contributed by atoms with Crippen LogP contribution in [-0.4, -0.2) is 55.2 Å². The van der Waals surface area contributed by atoms with Gasteiger partial charge >= 0.3 is 11.8 Å². The summed E-state index contributed by atoms with van der Waals surface area (Å²) in [4.78, 5) is 36.5. The molecule has 3 heterocycles. The van der Waals surface area contributed by atoms with Gasteiger partial charge < -0.3 is 15.0 Å². The summed E-state index contributed by atoms with van der Waals surface area (Å²) in [5.41, 5.74) is 5.06. The topological polar surface area (TPSA) is 94.5 Å².